The lowest BCUT2D eigenvalue weighted by molar-refractivity contribution is 0.0950. The van der Waals surface area contributed by atoms with Crippen molar-refractivity contribution in [3.63, 3.8) is 0 Å². The summed E-state index contributed by atoms with van der Waals surface area (Å²) in [6, 6.07) is 5.20. The SMILES string of the molecule is CC(C)(C)c1cc(C(=O)N/N=C\c2ccco2)n[nH]1. The van der Waals surface area contributed by atoms with Gasteiger partial charge < -0.3 is 4.42 Å². The Balaban J connectivity index is 1.99. The number of amides is 1. The van der Waals surface area contributed by atoms with Crippen molar-refractivity contribution in [2.24, 2.45) is 5.10 Å². The number of hydrogen-bond donors (Lipinski definition) is 2. The normalized spacial score (nSPS) is 11.9. The molecule has 0 unspecified atom stereocenters. The molecular formula is C13H16N4O2. The van der Waals surface area contributed by atoms with Crippen molar-refractivity contribution in [3.05, 3.63) is 41.6 Å². The van der Waals surface area contributed by atoms with Crippen molar-refractivity contribution in [2.75, 3.05) is 0 Å². The average molecular weight is 260 g/mol. The van der Waals surface area contributed by atoms with Crippen molar-refractivity contribution in [1.82, 2.24) is 15.6 Å². The predicted octanol–water partition coefficient (Wildman–Crippen LogP) is 2.06. The van der Waals surface area contributed by atoms with Crippen LogP contribution in [0, 0.1) is 0 Å². The standard InChI is InChI=1S/C13H16N4O2/c1-13(2,3)11-7-10(15-16-11)12(18)17-14-8-9-5-4-6-19-9/h4-8H,1-3H3,(H,15,16)(H,17,18)/b14-8-. The highest BCUT2D eigenvalue weighted by Gasteiger charge is 2.18. The Morgan fingerprint density at radius 2 is 2.32 bits per heavy atom. The summed E-state index contributed by atoms with van der Waals surface area (Å²) in [7, 11) is 0. The maximum atomic E-state index is 11.8. The first-order chi connectivity index (χ1) is 8.97. The van der Waals surface area contributed by atoms with Gasteiger partial charge in [0.1, 0.15) is 5.76 Å². The van der Waals surface area contributed by atoms with E-state index in [-0.39, 0.29) is 11.3 Å². The van der Waals surface area contributed by atoms with Crippen LogP contribution in [0.4, 0.5) is 0 Å². The fraction of sp³-hybridized carbons (Fsp3) is 0.308. The highest BCUT2D eigenvalue weighted by molar-refractivity contribution is 5.93. The number of furan rings is 1. The topological polar surface area (TPSA) is 83.3 Å². The largest absolute Gasteiger partial charge is 0.463 e. The molecule has 0 bridgehead atoms. The molecule has 6 nitrogen and oxygen atoms in total. The highest BCUT2D eigenvalue weighted by atomic mass is 16.3. The van der Waals surface area contributed by atoms with E-state index in [1.807, 2.05) is 20.8 Å². The molecule has 100 valence electrons. The van der Waals surface area contributed by atoms with Crippen LogP contribution in [-0.4, -0.2) is 22.3 Å². The number of aromatic amines is 1. The molecule has 0 fully saturated rings. The van der Waals surface area contributed by atoms with E-state index in [1.54, 1.807) is 18.2 Å². The molecule has 0 aliphatic rings. The van der Waals surface area contributed by atoms with E-state index >= 15 is 0 Å². The van der Waals surface area contributed by atoms with Gasteiger partial charge in [0.2, 0.25) is 0 Å². The maximum absolute atomic E-state index is 11.8. The molecule has 2 rings (SSSR count). The van der Waals surface area contributed by atoms with Gasteiger partial charge in [0.05, 0.1) is 12.5 Å². The molecule has 0 spiro atoms. The molecule has 2 aromatic rings. The Labute approximate surface area is 110 Å². The zero-order valence-corrected chi connectivity index (χ0v) is 11.1. The monoisotopic (exact) mass is 260 g/mol. The summed E-state index contributed by atoms with van der Waals surface area (Å²) >= 11 is 0. The molecule has 1 amide bonds. The van der Waals surface area contributed by atoms with Crippen LogP contribution in [0.2, 0.25) is 0 Å². The number of hydrazone groups is 1. The number of nitrogens with zero attached hydrogens (tertiary/aromatic N) is 2. The van der Waals surface area contributed by atoms with Gasteiger partial charge in [0.25, 0.3) is 5.91 Å². The molecular weight excluding hydrogens is 244 g/mol. The summed E-state index contributed by atoms with van der Waals surface area (Å²) in [5, 5.41) is 10.6. The molecule has 0 aliphatic carbocycles. The van der Waals surface area contributed by atoms with Crippen LogP contribution in [0.25, 0.3) is 0 Å². The van der Waals surface area contributed by atoms with E-state index in [1.165, 1.54) is 12.5 Å². The van der Waals surface area contributed by atoms with E-state index in [0.29, 0.717) is 11.5 Å². The molecule has 2 N–H and O–H groups in total. The first kappa shape index (κ1) is 13.1. The summed E-state index contributed by atoms with van der Waals surface area (Å²) in [5.74, 6) is 0.201. The van der Waals surface area contributed by atoms with Gasteiger partial charge in [0, 0.05) is 11.1 Å². The third-order valence-corrected chi connectivity index (χ3v) is 2.52. The van der Waals surface area contributed by atoms with Gasteiger partial charge in [0.15, 0.2) is 5.69 Å². The summed E-state index contributed by atoms with van der Waals surface area (Å²) < 4.78 is 5.05. The number of aromatic nitrogens is 2. The summed E-state index contributed by atoms with van der Waals surface area (Å²) in [6.07, 6.45) is 2.96. The van der Waals surface area contributed by atoms with Crippen LogP contribution in [0.1, 0.15) is 42.7 Å². The van der Waals surface area contributed by atoms with Gasteiger partial charge in [-0.25, -0.2) is 5.43 Å². The first-order valence-corrected chi connectivity index (χ1v) is 5.89. The third-order valence-electron chi connectivity index (χ3n) is 2.52. The maximum Gasteiger partial charge on any atom is 0.291 e. The van der Waals surface area contributed by atoms with Crippen LogP contribution >= 0.6 is 0 Å². The lowest BCUT2D eigenvalue weighted by Crippen LogP contribution is -2.18. The van der Waals surface area contributed by atoms with Crippen molar-refractivity contribution in [1.29, 1.82) is 0 Å². The van der Waals surface area contributed by atoms with Crippen LogP contribution in [0.15, 0.2) is 34.0 Å². The highest BCUT2D eigenvalue weighted by Crippen LogP contribution is 2.20. The Hall–Kier alpha value is -2.37. The molecule has 0 atom stereocenters. The second-order valence-electron chi connectivity index (χ2n) is 5.13. The van der Waals surface area contributed by atoms with E-state index in [4.69, 9.17) is 4.42 Å². The number of nitrogens with one attached hydrogen (secondary N) is 2. The van der Waals surface area contributed by atoms with E-state index in [2.05, 4.69) is 20.7 Å². The minimum atomic E-state index is -0.366. The second kappa shape index (κ2) is 5.09. The Morgan fingerprint density at radius 1 is 1.53 bits per heavy atom. The molecule has 0 aliphatic heterocycles. The van der Waals surface area contributed by atoms with Crippen LogP contribution in [0.3, 0.4) is 0 Å². The quantitative estimate of drug-likeness (QED) is 0.654. The Morgan fingerprint density at radius 3 is 2.89 bits per heavy atom. The molecule has 19 heavy (non-hydrogen) atoms. The fourth-order valence-corrected chi connectivity index (χ4v) is 1.40. The van der Waals surface area contributed by atoms with Crippen LogP contribution < -0.4 is 5.43 Å². The van der Waals surface area contributed by atoms with E-state index < -0.39 is 0 Å². The van der Waals surface area contributed by atoms with Crippen molar-refractivity contribution >= 4 is 12.1 Å². The second-order valence-corrected chi connectivity index (χ2v) is 5.13. The Kier molecular flexibility index (Phi) is 3.50. The number of carbonyl (C=O) groups is 1. The van der Waals surface area contributed by atoms with E-state index in [0.717, 1.165) is 5.69 Å². The smallest absolute Gasteiger partial charge is 0.291 e. The summed E-state index contributed by atoms with van der Waals surface area (Å²) in [6.45, 7) is 6.12. The molecule has 0 saturated carbocycles. The first-order valence-electron chi connectivity index (χ1n) is 5.89. The minimum Gasteiger partial charge on any atom is -0.463 e. The van der Waals surface area contributed by atoms with Gasteiger partial charge in [-0.3, -0.25) is 9.89 Å². The van der Waals surface area contributed by atoms with Gasteiger partial charge in [-0.15, -0.1) is 0 Å². The van der Waals surface area contributed by atoms with Gasteiger partial charge in [-0.05, 0) is 18.2 Å². The fourth-order valence-electron chi connectivity index (χ4n) is 1.40. The molecule has 2 aromatic heterocycles. The number of carbonyl (C=O) groups excluding carboxylic acids is 1. The molecule has 6 heteroatoms. The van der Waals surface area contributed by atoms with Gasteiger partial charge in [-0.1, -0.05) is 20.8 Å². The van der Waals surface area contributed by atoms with E-state index in [9.17, 15) is 4.79 Å². The van der Waals surface area contributed by atoms with Crippen molar-refractivity contribution in [2.45, 2.75) is 26.2 Å². The predicted molar refractivity (Wildman–Crippen MR) is 71.1 cm³/mol. The molecule has 0 aromatic carbocycles. The summed E-state index contributed by atoms with van der Waals surface area (Å²) in [4.78, 5) is 11.8. The number of H-pyrrole nitrogens is 1. The van der Waals surface area contributed by atoms with Crippen molar-refractivity contribution in [3.8, 4) is 0 Å². The van der Waals surface area contributed by atoms with Crippen LogP contribution in [-0.2, 0) is 5.41 Å². The van der Waals surface area contributed by atoms with Gasteiger partial charge in [-0.2, -0.15) is 10.2 Å². The number of hydrogen-bond acceptors (Lipinski definition) is 4. The average Bonchev–Trinajstić information content (AvgIpc) is 2.99. The van der Waals surface area contributed by atoms with Crippen LogP contribution in [0.5, 0.6) is 0 Å². The minimum absolute atomic E-state index is 0.0804. The van der Waals surface area contributed by atoms with Gasteiger partial charge >= 0.3 is 0 Å². The lowest BCUT2D eigenvalue weighted by Gasteiger charge is -2.14. The molecule has 0 saturated heterocycles. The number of rotatable bonds is 3. The Bertz CT molecular complexity index is 576. The third kappa shape index (κ3) is 3.31. The zero-order chi connectivity index (χ0) is 13.9. The lowest BCUT2D eigenvalue weighted by atomic mass is 9.92. The zero-order valence-electron chi connectivity index (χ0n) is 11.1. The van der Waals surface area contributed by atoms with Crippen molar-refractivity contribution < 1.29 is 9.21 Å². The molecule has 0 radical (unpaired) electrons. The molecule has 2 heterocycles. The summed E-state index contributed by atoms with van der Waals surface area (Å²) in [5.41, 5.74) is 3.51.